The third kappa shape index (κ3) is 3.51. The number of ether oxygens (including phenoxy) is 1. The van der Waals surface area contributed by atoms with Crippen LogP contribution in [0.2, 0.25) is 0 Å². The van der Waals surface area contributed by atoms with Crippen molar-refractivity contribution < 1.29 is 14.3 Å². The minimum Gasteiger partial charge on any atom is -0.449 e. The first kappa shape index (κ1) is 17.9. The molecule has 1 amide bonds. The molecule has 0 spiro atoms. The smallest absolute Gasteiger partial charge is 0.338 e. The number of aryl methyl sites for hydroxylation is 1. The molecule has 0 N–H and O–H groups in total. The number of para-hydroxylation sites is 1. The fourth-order valence-corrected chi connectivity index (χ4v) is 3.35. The highest BCUT2D eigenvalue weighted by Crippen LogP contribution is 2.27. The van der Waals surface area contributed by atoms with Crippen LogP contribution in [0, 0.1) is 0 Å². The molecule has 2 aromatic carbocycles. The third-order valence-corrected chi connectivity index (χ3v) is 4.79. The lowest BCUT2D eigenvalue weighted by molar-refractivity contribution is -0.126. The summed E-state index contributed by atoms with van der Waals surface area (Å²) in [6.45, 7) is 2.24. The third-order valence-electron chi connectivity index (χ3n) is 4.79. The molecule has 0 saturated carbocycles. The van der Waals surface area contributed by atoms with E-state index in [1.54, 1.807) is 47.1 Å². The molecule has 1 aromatic heterocycles. The van der Waals surface area contributed by atoms with Crippen molar-refractivity contribution in [2.24, 2.45) is 0 Å². The minimum absolute atomic E-state index is 0.209. The predicted octanol–water partition coefficient (Wildman–Crippen LogP) is 2.79. The standard InChI is InChI=1S/C21H20N4O3/c1-15(20(26)24-12-4-6-16-5-2-3-7-19(16)24)28-21(27)17-8-10-18(11-9-17)25-14-22-13-23-25/h2-3,5,7-11,13-15H,4,6,12H2,1H3/t15-/m0/s1. The average molecular weight is 376 g/mol. The molecule has 0 bridgehead atoms. The molecule has 2 heterocycles. The fourth-order valence-electron chi connectivity index (χ4n) is 3.35. The Morgan fingerprint density at radius 3 is 2.64 bits per heavy atom. The Labute approximate surface area is 162 Å². The van der Waals surface area contributed by atoms with Gasteiger partial charge < -0.3 is 9.64 Å². The molecule has 0 unspecified atom stereocenters. The number of hydrogen-bond donors (Lipinski definition) is 0. The van der Waals surface area contributed by atoms with Crippen LogP contribution >= 0.6 is 0 Å². The quantitative estimate of drug-likeness (QED) is 0.655. The second kappa shape index (κ2) is 7.64. The van der Waals surface area contributed by atoms with Crippen LogP contribution in [-0.4, -0.2) is 39.3 Å². The van der Waals surface area contributed by atoms with Crippen LogP contribution in [0.25, 0.3) is 5.69 Å². The monoisotopic (exact) mass is 376 g/mol. The maximum Gasteiger partial charge on any atom is 0.338 e. The molecule has 0 radical (unpaired) electrons. The number of rotatable bonds is 4. The van der Waals surface area contributed by atoms with Crippen LogP contribution in [0.4, 0.5) is 5.69 Å². The topological polar surface area (TPSA) is 77.3 Å². The number of anilines is 1. The van der Waals surface area contributed by atoms with Crippen molar-refractivity contribution in [1.82, 2.24) is 14.8 Å². The summed E-state index contributed by atoms with van der Waals surface area (Å²) >= 11 is 0. The summed E-state index contributed by atoms with van der Waals surface area (Å²) in [5.41, 5.74) is 3.20. The van der Waals surface area contributed by atoms with Gasteiger partial charge in [-0.2, -0.15) is 5.10 Å². The molecule has 0 aliphatic carbocycles. The maximum atomic E-state index is 12.9. The van der Waals surface area contributed by atoms with E-state index in [0.29, 0.717) is 12.1 Å². The summed E-state index contributed by atoms with van der Waals surface area (Å²) in [4.78, 5) is 30.9. The molecule has 4 rings (SSSR count). The summed E-state index contributed by atoms with van der Waals surface area (Å²) in [7, 11) is 0. The van der Waals surface area contributed by atoms with Crippen LogP contribution < -0.4 is 4.90 Å². The normalized spacial score (nSPS) is 14.2. The van der Waals surface area contributed by atoms with Gasteiger partial charge in [0.05, 0.1) is 11.3 Å². The van der Waals surface area contributed by atoms with Crippen LogP contribution in [0.15, 0.2) is 61.2 Å². The van der Waals surface area contributed by atoms with Gasteiger partial charge in [0.1, 0.15) is 12.7 Å². The largest absolute Gasteiger partial charge is 0.449 e. The van der Waals surface area contributed by atoms with Gasteiger partial charge in [0, 0.05) is 12.2 Å². The Hall–Kier alpha value is -3.48. The van der Waals surface area contributed by atoms with E-state index in [9.17, 15) is 9.59 Å². The summed E-state index contributed by atoms with van der Waals surface area (Å²) in [6.07, 6.45) is 3.99. The van der Waals surface area contributed by atoms with Gasteiger partial charge in [-0.3, -0.25) is 4.79 Å². The first-order valence-corrected chi connectivity index (χ1v) is 9.19. The van der Waals surface area contributed by atoms with E-state index in [1.807, 2.05) is 24.3 Å². The second-order valence-corrected chi connectivity index (χ2v) is 6.66. The molecule has 1 aliphatic rings. The van der Waals surface area contributed by atoms with E-state index in [1.165, 1.54) is 6.33 Å². The zero-order chi connectivity index (χ0) is 19.5. The van der Waals surface area contributed by atoms with Crippen molar-refractivity contribution in [3.8, 4) is 5.69 Å². The van der Waals surface area contributed by atoms with Crippen LogP contribution in [-0.2, 0) is 16.0 Å². The van der Waals surface area contributed by atoms with E-state index < -0.39 is 12.1 Å². The number of benzene rings is 2. The fraction of sp³-hybridized carbons (Fsp3) is 0.238. The van der Waals surface area contributed by atoms with Crippen molar-refractivity contribution in [3.05, 3.63) is 72.3 Å². The van der Waals surface area contributed by atoms with Gasteiger partial charge in [-0.05, 0) is 55.7 Å². The molecular weight excluding hydrogens is 356 g/mol. The summed E-state index contributed by atoms with van der Waals surface area (Å²) in [5, 5.41) is 4.04. The lowest BCUT2D eigenvalue weighted by atomic mass is 10.0. The SMILES string of the molecule is C[C@H](OC(=O)c1ccc(-n2cncn2)cc1)C(=O)N1CCCc2ccccc21. The van der Waals surface area contributed by atoms with Gasteiger partial charge in [0.2, 0.25) is 0 Å². The Balaban J connectivity index is 1.44. The number of hydrogen-bond acceptors (Lipinski definition) is 5. The van der Waals surface area contributed by atoms with Gasteiger partial charge in [-0.15, -0.1) is 0 Å². The Morgan fingerprint density at radius 1 is 1.11 bits per heavy atom. The van der Waals surface area contributed by atoms with E-state index >= 15 is 0 Å². The van der Waals surface area contributed by atoms with Crippen molar-refractivity contribution in [1.29, 1.82) is 0 Å². The van der Waals surface area contributed by atoms with Gasteiger partial charge in [0.25, 0.3) is 5.91 Å². The first-order chi connectivity index (χ1) is 13.6. The molecule has 1 atom stereocenters. The van der Waals surface area contributed by atoms with Crippen molar-refractivity contribution in [2.45, 2.75) is 25.9 Å². The Kier molecular flexibility index (Phi) is 4.89. The molecule has 1 aliphatic heterocycles. The van der Waals surface area contributed by atoms with Crippen LogP contribution in [0.3, 0.4) is 0 Å². The van der Waals surface area contributed by atoms with E-state index in [0.717, 1.165) is 29.8 Å². The van der Waals surface area contributed by atoms with E-state index in [2.05, 4.69) is 10.1 Å². The molecular formula is C21H20N4O3. The number of carbonyl (C=O) groups is 2. The number of carbonyl (C=O) groups excluding carboxylic acids is 2. The highest BCUT2D eigenvalue weighted by molar-refractivity contribution is 5.99. The zero-order valence-electron chi connectivity index (χ0n) is 15.5. The van der Waals surface area contributed by atoms with Crippen LogP contribution in [0.5, 0.6) is 0 Å². The molecule has 7 nitrogen and oxygen atoms in total. The molecule has 0 fully saturated rings. The molecule has 142 valence electrons. The highest BCUT2D eigenvalue weighted by Gasteiger charge is 2.28. The lowest BCUT2D eigenvalue weighted by Crippen LogP contribution is -2.42. The lowest BCUT2D eigenvalue weighted by Gasteiger charge is -2.31. The van der Waals surface area contributed by atoms with Crippen LogP contribution in [0.1, 0.15) is 29.3 Å². The molecule has 0 saturated heterocycles. The summed E-state index contributed by atoms with van der Waals surface area (Å²) in [6, 6.07) is 14.6. The maximum absolute atomic E-state index is 12.9. The van der Waals surface area contributed by atoms with Crippen molar-refractivity contribution >= 4 is 17.6 Å². The molecule has 28 heavy (non-hydrogen) atoms. The van der Waals surface area contributed by atoms with Gasteiger partial charge >= 0.3 is 5.97 Å². The van der Waals surface area contributed by atoms with Gasteiger partial charge in [0.15, 0.2) is 6.10 Å². The average Bonchev–Trinajstić information content (AvgIpc) is 3.28. The number of fused-ring (bicyclic) bond motifs is 1. The van der Waals surface area contributed by atoms with Crippen molar-refractivity contribution in [2.75, 3.05) is 11.4 Å². The first-order valence-electron chi connectivity index (χ1n) is 9.19. The van der Waals surface area contributed by atoms with Gasteiger partial charge in [-0.25, -0.2) is 14.5 Å². The Bertz CT molecular complexity index is 983. The highest BCUT2D eigenvalue weighted by atomic mass is 16.5. The number of esters is 1. The number of aromatic nitrogens is 3. The Morgan fingerprint density at radius 2 is 1.89 bits per heavy atom. The van der Waals surface area contributed by atoms with E-state index in [4.69, 9.17) is 4.74 Å². The van der Waals surface area contributed by atoms with Crippen molar-refractivity contribution in [3.63, 3.8) is 0 Å². The zero-order valence-corrected chi connectivity index (χ0v) is 15.5. The second-order valence-electron chi connectivity index (χ2n) is 6.66. The van der Waals surface area contributed by atoms with Gasteiger partial charge in [-0.1, -0.05) is 18.2 Å². The minimum atomic E-state index is -0.867. The molecule has 3 aromatic rings. The number of nitrogens with zero attached hydrogens (tertiary/aromatic N) is 4. The summed E-state index contributed by atoms with van der Waals surface area (Å²) in [5.74, 6) is -0.740. The number of amides is 1. The summed E-state index contributed by atoms with van der Waals surface area (Å²) < 4.78 is 7.02. The molecule has 7 heteroatoms. The predicted molar refractivity (Wildman–Crippen MR) is 103 cm³/mol. The van der Waals surface area contributed by atoms with E-state index in [-0.39, 0.29) is 5.91 Å².